The first kappa shape index (κ1) is 68.3. The van der Waals surface area contributed by atoms with Crippen molar-refractivity contribution in [2.45, 2.75) is 360 Å². The maximum atomic E-state index is 12.5. The van der Waals surface area contributed by atoms with E-state index in [9.17, 15) is 19.8 Å². The van der Waals surface area contributed by atoms with E-state index in [-0.39, 0.29) is 18.5 Å². The first-order valence-corrected chi connectivity index (χ1v) is 31.6. The number of carbonyl (C=O) groups is 2. The second-order valence-electron chi connectivity index (χ2n) is 21.7. The van der Waals surface area contributed by atoms with Crippen molar-refractivity contribution < 1.29 is 24.5 Å². The van der Waals surface area contributed by atoms with Crippen molar-refractivity contribution in [3.05, 3.63) is 24.3 Å². The summed E-state index contributed by atoms with van der Waals surface area (Å²) >= 11 is 0. The lowest BCUT2D eigenvalue weighted by atomic mass is 10.0. The number of hydrogen-bond donors (Lipinski definition) is 3. The molecular formula is C64H123NO5. The molecule has 0 saturated heterocycles. The van der Waals surface area contributed by atoms with Crippen LogP contribution in [0.5, 0.6) is 0 Å². The van der Waals surface area contributed by atoms with Crippen molar-refractivity contribution in [3.63, 3.8) is 0 Å². The quantitative estimate of drug-likeness (QED) is 0.0321. The Morgan fingerprint density at radius 1 is 0.386 bits per heavy atom. The normalized spacial score (nSPS) is 12.7. The number of ether oxygens (including phenoxy) is 1. The van der Waals surface area contributed by atoms with E-state index in [2.05, 4.69) is 31.3 Å². The molecule has 6 heteroatoms. The van der Waals surface area contributed by atoms with Crippen molar-refractivity contribution >= 4 is 11.9 Å². The fourth-order valence-electron chi connectivity index (χ4n) is 9.87. The highest BCUT2D eigenvalue weighted by Crippen LogP contribution is 2.18. The third-order valence-corrected chi connectivity index (χ3v) is 14.7. The zero-order valence-electron chi connectivity index (χ0n) is 47.3. The highest BCUT2D eigenvalue weighted by molar-refractivity contribution is 5.76. The fraction of sp³-hybridized carbons (Fsp3) is 0.906. The van der Waals surface area contributed by atoms with Gasteiger partial charge in [0.2, 0.25) is 5.91 Å². The Morgan fingerprint density at radius 3 is 1.01 bits per heavy atom. The van der Waals surface area contributed by atoms with E-state index in [4.69, 9.17) is 4.74 Å². The van der Waals surface area contributed by atoms with E-state index in [1.54, 1.807) is 6.08 Å². The molecule has 2 atom stereocenters. The minimum atomic E-state index is -0.845. The summed E-state index contributed by atoms with van der Waals surface area (Å²) < 4.78 is 5.48. The number of hydrogen-bond acceptors (Lipinski definition) is 5. The van der Waals surface area contributed by atoms with Crippen molar-refractivity contribution in [1.82, 2.24) is 5.32 Å². The molecule has 0 aliphatic carbocycles. The molecule has 0 saturated carbocycles. The van der Waals surface area contributed by atoms with Gasteiger partial charge in [-0.3, -0.25) is 9.59 Å². The Morgan fingerprint density at radius 2 is 0.671 bits per heavy atom. The van der Waals surface area contributed by atoms with Crippen LogP contribution < -0.4 is 5.32 Å². The van der Waals surface area contributed by atoms with Crippen molar-refractivity contribution in [3.8, 4) is 0 Å². The third-order valence-electron chi connectivity index (χ3n) is 14.7. The average molecular weight is 987 g/mol. The van der Waals surface area contributed by atoms with Crippen LogP contribution in [0.4, 0.5) is 0 Å². The summed E-state index contributed by atoms with van der Waals surface area (Å²) in [6.07, 6.45) is 73.6. The number of carbonyl (C=O) groups excluding carboxylic acids is 2. The number of aliphatic hydroxyl groups is 2. The average Bonchev–Trinajstić information content (AvgIpc) is 3.36. The monoisotopic (exact) mass is 986 g/mol. The smallest absolute Gasteiger partial charge is 0.305 e. The molecule has 0 bridgehead atoms. The first-order chi connectivity index (χ1) is 34.5. The standard InChI is InChI=1S/C64H123NO5/c1-3-5-7-9-11-13-15-17-19-20-26-29-32-36-40-44-48-52-56-62(67)61(60-66)65-63(68)57-53-49-45-41-37-33-30-27-24-22-21-23-25-28-31-35-39-43-47-51-55-59-70-64(69)58-54-50-46-42-38-34-18-16-14-12-10-8-6-4-2/h16,18,52,56,61-62,66-67H,3-15,17,19-51,53-55,57-60H2,1-2H3,(H,65,68)/b18-16-,56-52+. The van der Waals surface area contributed by atoms with Gasteiger partial charge in [-0.2, -0.15) is 0 Å². The van der Waals surface area contributed by atoms with E-state index in [1.165, 1.54) is 276 Å². The predicted octanol–water partition coefficient (Wildman–Crippen LogP) is 19.8. The lowest BCUT2D eigenvalue weighted by Crippen LogP contribution is -2.45. The SMILES string of the molecule is CCCCCCC/C=C\CCCCCCCC(=O)OCCCCCCCCCCCCCCCCCCCCCCCC(=O)NC(CO)C(O)/C=C/CCCCCCCCCCCCCCCCCC. The summed E-state index contributed by atoms with van der Waals surface area (Å²) in [5, 5.41) is 23.2. The van der Waals surface area contributed by atoms with Gasteiger partial charge in [-0.25, -0.2) is 0 Å². The number of esters is 1. The zero-order chi connectivity index (χ0) is 50.7. The molecule has 0 aromatic rings. The van der Waals surface area contributed by atoms with E-state index < -0.39 is 12.1 Å². The molecule has 2 unspecified atom stereocenters. The summed E-state index contributed by atoms with van der Waals surface area (Å²) in [5.41, 5.74) is 0. The summed E-state index contributed by atoms with van der Waals surface area (Å²) in [7, 11) is 0. The van der Waals surface area contributed by atoms with Crippen LogP contribution in [0.15, 0.2) is 24.3 Å². The molecule has 3 N–H and O–H groups in total. The largest absolute Gasteiger partial charge is 0.466 e. The molecule has 0 aromatic carbocycles. The molecule has 1 amide bonds. The van der Waals surface area contributed by atoms with E-state index in [0.29, 0.717) is 19.4 Å². The third kappa shape index (κ3) is 55.7. The molecule has 0 heterocycles. The molecule has 0 aliphatic heterocycles. The van der Waals surface area contributed by atoms with Crippen LogP contribution in [-0.4, -0.2) is 47.4 Å². The lowest BCUT2D eigenvalue weighted by Gasteiger charge is -2.20. The Labute approximate surface area is 437 Å². The molecule has 0 aliphatic rings. The van der Waals surface area contributed by atoms with Gasteiger partial charge in [0.05, 0.1) is 25.4 Å². The first-order valence-electron chi connectivity index (χ1n) is 31.6. The van der Waals surface area contributed by atoms with Crippen LogP contribution in [-0.2, 0) is 14.3 Å². The number of amides is 1. The number of unbranched alkanes of at least 4 members (excludes halogenated alkanes) is 46. The molecule has 0 rings (SSSR count). The van der Waals surface area contributed by atoms with Gasteiger partial charge in [0.25, 0.3) is 0 Å². The topological polar surface area (TPSA) is 95.9 Å². The number of allylic oxidation sites excluding steroid dienone is 3. The Balaban J connectivity index is 3.41. The van der Waals surface area contributed by atoms with Crippen LogP contribution in [0.1, 0.15) is 348 Å². The van der Waals surface area contributed by atoms with Gasteiger partial charge in [0, 0.05) is 12.8 Å². The molecule has 0 spiro atoms. The van der Waals surface area contributed by atoms with Crippen molar-refractivity contribution in [2.75, 3.05) is 13.2 Å². The summed E-state index contributed by atoms with van der Waals surface area (Å²) in [6.45, 7) is 4.91. The maximum Gasteiger partial charge on any atom is 0.305 e. The molecule has 0 radical (unpaired) electrons. The second kappa shape index (κ2) is 59.9. The zero-order valence-corrected chi connectivity index (χ0v) is 47.3. The highest BCUT2D eigenvalue weighted by atomic mass is 16.5. The Hall–Kier alpha value is -1.66. The lowest BCUT2D eigenvalue weighted by molar-refractivity contribution is -0.143. The Bertz CT molecular complexity index is 1090. The van der Waals surface area contributed by atoms with Crippen LogP contribution in [0.2, 0.25) is 0 Å². The Kier molecular flexibility index (Phi) is 58.5. The van der Waals surface area contributed by atoms with Gasteiger partial charge in [0.15, 0.2) is 0 Å². The predicted molar refractivity (Wildman–Crippen MR) is 306 cm³/mol. The van der Waals surface area contributed by atoms with Crippen LogP contribution in [0.3, 0.4) is 0 Å². The molecular weight excluding hydrogens is 863 g/mol. The minimum absolute atomic E-state index is 0.00328. The molecule has 70 heavy (non-hydrogen) atoms. The molecule has 0 fully saturated rings. The highest BCUT2D eigenvalue weighted by Gasteiger charge is 2.18. The molecule has 0 aromatic heterocycles. The van der Waals surface area contributed by atoms with E-state index >= 15 is 0 Å². The number of aliphatic hydroxyl groups excluding tert-OH is 2. The summed E-state index contributed by atoms with van der Waals surface area (Å²) in [4.78, 5) is 24.5. The van der Waals surface area contributed by atoms with Gasteiger partial charge in [-0.1, -0.05) is 301 Å². The van der Waals surface area contributed by atoms with E-state index in [1.807, 2.05) is 6.08 Å². The number of rotatable bonds is 59. The van der Waals surface area contributed by atoms with Crippen LogP contribution in [0.25, 0.3) is 0 Å². The van der Waals surface area contributed by atoms with Crippen LogP contribution in [0, 0.1) is 0 Å². The van der Waals surface area contributed by atoms with Gasteiger partial charge in [-0.05, 0) is 57.8 Å². The van der Waals surface area contributed by atoms with Crippen molar-refractivity contribution in [2.24, 2.45) is 0 Å². The molecule has 6 nitrogen and oxygen atoms in total. The fourth-order valence-corrected chi connectivity index (χ4v) is 9.87. The maximum absolute atomic E-state index is 12.5. The van der Waals surface area contributed by atoms with Crippen LogP contribution >= 0.6 is 0 Å². The van der Waals surface area contributed by atoms with Gasteiger partial charge in [-0.15, -0.1) is 0 Å². The number of nitrogens with one attached hydrogen (secondary N) is 1. The summed E-state index contributed by atoms with van der Waals surface area (Å²) in [6, 6.07) is -0.629. The van der Waals surface area contributed by atoms with E-state index in [0.717, 1.165) is 44.9 Å². The van der Waals surface area contributed by atoms with Gasteiger partial charge < -0.3 is 20.3 Å². The second-order valence-corrected chi connectivity index (χ2v) is 21.7. The van der Waals surface area contributed by atoms with Crippen molar-refractivity contribution in [1.29, 1.82) is 0 Å². The molecule has 414 valence electrons. The minimum Gasteiger partial charge on any atom is -0.466 e. The summed E-state index contributed by atoms with van der Waals surface area (Å²) in [5.74, 6) is -0.0631. The van der Waals surface area contributed by atoms with Gasteiger partial charge in [0.1, 0.15) is 0 Å². The van der Waals surface area contributed by atoms with Gasteiger partial charge >= 0.3 is 5.97 Å².